The SMILES string of the molecule is CCc1cccc(NC(N)=NCCCCN2CCCC2)c1. The molecule has 116 valence electrons. The molecule has 1 heterocycles. The van der Waals surface area contributed by atoms with E-state index in [1.807, 2.05) is 12.1 Å². The van der Waals surface area contributed by atoms with Crippen molar-refractivity contribution in [3.8, 4) is 0 Å². The summed E-state index contributed by atoms with van der Waals surface area (Å²) in [6.07, 6.45) is 6.08. The smallest absolute Gasteiger partial charge is 0.193 e. The molecular formula is C17H28N4. The van der Waals surface area contributed by atoms with Crippen LogP contribution in [0.3, 0.4) is 0 Å². The predicted octanol–water partition coefficient (Wildman–Crippen LogP) is 2.85. The van der Waals surface area contributed by atoms with Crippen LogP contribution in [-0.2, 0) is 6.42 Å². The van der Waals surface area contributed by atoms with Crippen molar-refractivity contribution in [3.63, 3.8) is 0 Å². The summed E-state index contributed by atoms with van der Waals surface area (Å²) in [5, 5.41) is 3.17. The fraction of sp³-hybridized carbons (Fsp3) is 0.588. The molecule has 4 nitrogen and oxygen atoms in total. The number of hydrogen-bond donors (Lipinski definition) is 2. The van der Waals surface area contributed by atoms with E-state index in [-0.39, 0.29) is 0 Å². The summed E-state index contributed by atoms with van der Waals surface area (Å²) in [6.45, 7) is 6.72. The quantitative estimate of drug-likeness (QED) is 0.461. The Hall–Kier alpha value is -1.55. The van der Waals surface area contributed by atoms with Gasteiger partial charge >= 0.3 is 0 Å². The highest BCUT2D eigenvalue weighted by Gasteiger charge is 2.09. The van der Waals surface area contributed by atoms with Crippen LogP contribution in [0.25, 0.3) is 0 Å². The number of likely N-dealkylation sites (tertiary alicyclic amines) is 1. The second-order valence-corrected chi connectivity index (χ2v) is 5.70. The molecule has 0 radical (unpaired) electrons. The first kappa shape index (κ1) is 15.8. The number of nitrogens with zero attached hydrogens (tertiary/aromatic N) is 2. The molecular weight excluding hydrogens is 260 g/mol. The van der Waals surface area contributed by atoms with Gasteiger partial charge in [0.05, 0.1) is 0 Å². The summed E-state index contributed by atoms with van der Waals surface area (Å²) >= 11 is 0. The van der Waals surface area contributed by atoms with Crippen molar-refractivity contribution in [2.24, 2.45) is 10.7 Å². The van der Waals surface area contributed by atoms with Crippen LogP contribution < -0.4 is 11.1 Å². The normalized spacial score (nSPS) is 16.3. The van der Waals surface area contributed by atoms with E-state index in [2.05, 4.69) is 34.3 Å². The van der Waals surface area contributed by atoms with Gasteiger partial charge in [-0.3, -0.25) is 4.99 Å². The highest BCUT2D eigenvalue weighted by molar-refractivity contribution is 5.92. The minimum Gasteiger partial charge on any atom is -0.370 e. The van der Waals surface area contributed by atoms with Gasteiger partial charge in [0.25, 0.3) is 0 Å². The molecule has 0 saturated carbocycles. The number of guanidine groups is 1. The number of rotatable bonds is 7. The average molecular weight is 288 g/mol. The molecule has 1 aromatic carbocycles. The van der Waals surface area contributed by atoms with Crippen molar-refractivity contribution in [1.82, 2.24) is 4.90 Å². The molecule has 21 heavy (non-hydrogen) atoms. The van der Waals surface area contributed by atoms with E-state index in [1.54, 1.807) is 0 Å². The van der Waals surface area contributed by atoms with Crippen molar-refractivity contribution in [1.29, 1.82) is 0 Å². The molecule has 0 atom stereocenters. The zero-order valence-electron chi connectivity index (χ0n) is 13.1. The first-order valence-electron chi connectivity index (χ1n) is 8.16. The van der Waals surface area contributed by atoms with Crippen LogP contribution in [0.15, 0.2) is 29.3 Å². The number of anilines is 1. The maximum absolute atomic E-state index is 5.93. The largest absolute Gasteiger partial charge is 0.370 e. The zero-order valence-corrected chi connectivity index (χ0v) is 13.1. The molecule has 1 fully saturated rings. The van der Waals surface area contributed by atoms with Gasteiger partial charge in [0.2, 0.25) is 0 Å². The van der Waals surface area contributed by atoms with Crippen molar-refractivity contribution in [2.45, 2.75) is 39.0 Å². The van der Waals surface area contributed by atoms with Gasteiger partial charge in [-0.1, -0.05) is 19.1 Å². The van der Waals surface area contributed by atoms with Crippen LogP contribution in [0.2, 0.25) is 0 Å². The Morgan fingerprint density at radius 2 is 2.10 bits per heavy atom. The molecule has 1 aliphatic rings. The topological polar surface area (TPSA) is 53.6 Å². The molecule has 0 aliphatic carbocycles. The van der Waals surface area contributed by atoms with Crippen molar-refractivity contribution >= 4 is 11.6 Å². The predicted molar refractivity (Wildman–Crippen MR) is 90.8 cm³/mol. The zero-order chi connectivity index (χ0) is 14.9. The van der Waals surface area contributed by atoms with Gasteiger partial charge < -0.3 is 16.0 Å². The monoisotopic (exact) mass is 288 g/mol. The fourth-order valence-corrected chi connectivity index (χ4v) is 2.71. The highest BCUT2D eigenvalue weighted by Crippen LogP contribution is 2.11. The van der Waals surface area contributed by atoms with E-state index < -0.39 is 0 Å². The molecule has 1 saturated heterocycles. The van der Waals surface area contributed by atoms with Gasteiger partial charge in [0, 0.05) is 12.2 Å². The lowest BCUT2D eigenvalue weighted by atomic mass is 10.1. The van der Waals surface area contributed by atoms with Gasteiger partial charge in [-0.2, -0.15) is 0 Å². The summed E-state index contributed by atoms with van der Waals surface area (Å²) in [5.41, 5.74) is 8.26. The summed E-state index contributed by atoms with van der Waals surface area (Å²) in [7, 11) is 0. The Labute approximate surface area is 128 Å². The van der Waals surface area contributed by atoms with E-state index in [0.29, 0.717) is 5.96 Å². The van der Waals surface area contributed by atoms with Gasteiger partial charge in [-0.15, -0.1) is 0 Å². The van der Waals surface area contributed by atoms with Crippen LogP contribution in [0.4, 0.5) is 5.69 Å². The van der Waals surface area contributed by atoms with Crippen molar-refractivity contribution < 1.29 is 0 Å². The van der Waals surface area contributed by atoms with Crippen LogP contribution in [0.5, 0.6) is 0 Å². The standard InChI is InChI=1S/C17H28N4/c1-2-15-8-7-9-16(14-15)20-17(18)19-10-3-4-11-21-12-5-6-13-21/h7-9,14H,2-6,10-13H2,1H3,(H3,18,19,20). The minimum atomic E-state index is 0.518. The van der Waals surface area contributed by atoms with Crippen molar-refractivity contribution in [2.75, 3.05) is 31.5 Å². The first-order valence-corrected chi connectivity index (χ1v) is 8.16. The third-order valence-electron chi connectivity index (χ3n) is 3.97. The number of aliphatic imine (C=N–C) groups is 1. The molecule has 3 N–H and O–H groups in total. The van der Waals surface area contributed by atoms with Gasteiger partial charge in [0.15, 0.2) is 5.96 Å². The third kappa shape index (κ3) is 5.76. The van der Waals surface area contributed by atoms with Crippen LogP contribution in [0.1, 0.15) is 38.2 Å². The number of aryl methyl sites for hydroxylation is 1. The number of hydrogen-bond acceptors (Lipinski definition) is 2. The van der Waals surface area contributed by atoms with Crippen LogP contribution in [0, 0.1) is 0 Å². The van der Waals surface area contributed by atoms with E-state index in [1.165, 1.54) is 44.5 Å². The van der Waals surface area contributed by atoms with Gasteiger partial charge in [-0.05, 0) is 69.4 Å². The molecule has 0 amide bonds. The van der Waals surface area contributed by atoms with E-state index >= 15 is 0 Å². The number of unbranched alkanes of at least 4 members (excludes halogenated alkanes) is 1. The first-order chi connectivity index (χ1) is 10.3. The molecule has 0 bridgehead atoms. The highest BCUT2D eigenvalue weighted by atomic mass is 15.1. The van der Waals surface area contributed by atoms with Gasteiger partial charge in [0.1, 0.15) is 0 Å². The Morgan fingerprint density at radius 3 is 2.86 bits per heavy atom. The maximum Gasteiger partial charge on any atom is 0.193 e. The summed E-state index contributed by atoms with van der Waals surface area (Å²) in [6, 6.07) is 8.31. The second kappa shape index (κ2) is 8.67. The van der Waals surface area contributed by atoms with Crippen LogP contribution >= 0.6 is 0 Å². The van der Waals surface area contributed by atoms with Crippen molar-refractivity contribution in [3.05, 3.63) is 29.8 Å². The fourth-order valence-electron chi connectivity index (χ4n) is 2.71. The molecule has 0 unspecified atom stereocenters. The molecule has 2 rings (SSSR count). The van der Waals surface area contributed by atoms with Crippen LogP contribution in [-0.4, -0.2) is 37.0 Å². The van der Waals surface area contributed by atoms with E-state index in [9.17, 15) is 0 Å². The number of nitrogens with one attached hydrogen (secondary N) is 1. The molecule has 1 aliphatic heterocycles. The molecule has 0 spiro atoms. The Balaban J connectivity index is 1.65. The average Bonchev–Trinajstić information content (AvgIpc) is 3.00. The molecule has 0 aromatic heterocycles. The Morgan fingerprint density at radius 1 is 1.29 bits per heavy atom. The minimum absolute atomic E-state index is 0.518. The Kier molecular flexibility index (Phi) is 6.54. The lowest BCUT2D eigenvalue weighted by molar-refractivity contribution is 0.331. The second-order valence-electron chi connectivity index (χ2n) is 5.70. The Bertz CT molecular complexity index is 450. The summed E-state index contributed by atoms with van der Waals surface area (Å²) in [5.74, 6) is 0.518. The van der Waals surface area contributed by atoms with Gasteiger partial charge in [-0.25, -0.2) is 0 Å². The lowest BCUT2D eigenvalue weighted by Gasteiger charge is -2.13. The summed E-state index contributed by atoms with van der Waals surface area (Å²) < 4.78 is 0. The number of benzene rings is 1. The van der Waals surface area contributed by atoms with E-state index in [4.69, 9.17) is 5.73 Å². The van der Waals surface area contributed by atoms with E-state index in [0.717, 1.165) is 25.1 Å². The lowest BCUT2D eigenvalue weighted by Crippen LogP contribution is -2.23. The molecule has 1 aromatic rings. The number of nitrogens with two attached hydrogens (primary N) is 1. The summed E-state index contributed by atoms with van der Waals surface area (Å²) in [4.78, 5) is 6.95. The third-order valence-corrected chi connectivity index (χ3v) is 3.97. The maximum atomic E-state index is 5.93. The molecule has 4 heteroatoms.